The van der Waals surface area contributed by atoms with Crippen LogP contribution in [0.3, 0.4) is 0 Å². The number of carbonyl (C=O) groups excluding carboxylic acids is 1. The van der Waals surface area contributed by atoms with Crippen LogP contribution in [0.15, 0.2) is 40.9 Å². The van der Waals surface area contributed by atoms with Crippen molar-refractivity contribution in [1.29, 1.82) is 0 Å². The number of likely N-dealkylation sites (N-methyl/N-ethyl adjacent to an activating group) is 1. The van der Waals surface area contributed by atoms with Gasteiger partial charge in [-0.1, -0.05) is 35.5 Å². The Morgan fingerprint density at radius 3 is 2.70 bits per heavy atom. The summed E-state index contributed by atoms with van der Waals surface area (Å²) in [6.07, 6.45) is 0.530. The van der Waals surface area contributed by atoms with E-state index in [2.05, 4.69) is 5.16 Å². The molecule has 5 nitrogen and oxygen atoms in total. The van der Waals surface area contributed by atoms with E-state index >= 15 is 0 Å². The smallest absolute Gasteiger partial charge is 0.239 e. The highest BCUT2D eigenvalue weighted by molar-refractivity contribution is 5.81. The second-order valence-corrected chi connectivity index (χ2v) is 4.92. The third-order valence-electron chi connectivity index (χ3n) is 3.07. The Bertz CT molecular complexity index is 566. The van der Waals surface area contributed by atoms with Crippen molar-refractivity contribution in [3.05, 3.63) is 53.4 Å². The zero-order chi connectivity index (χ0) is 14.5. The average molecular weight is 273 g/mol. The standard InChI is InChI=1S/C15H19N3O2/c1-11-8-13(17-20-11)10-18(2)15(19)14(16)9-12-6-4-3-5-7-12/h3-8,14H,9-10,16H2,1-2H3/t14-/m0/s1. The molecule has 1 aromatic carbocycles. The number of hydrogen-bond donors (Lipinski definition) is 1. The van der Waals surface area contributed by atoms with Crippen molar-refractivity contribution in [2.24, 2.45) is 5.73 Å². The first kappa shape index (κ1) is 14.3. The van der Waals surface area contributed by atoms with Gasteiger partial charge in [-0.15, -0.1) is 0 Å². The maximum Gasteiger partial charge on any atom is 0.239 e. The van der Waals surface area contributed by atoms with E-state index in [0.717, 1.165) is 17.0 Å². The fourth-order valence-electron chi connectivity index (χ4n) is 2.05. The van der Waals surface area contributed by atoms with E-state index in [1.165, 1.54) is 0 Å². The Morgan fingerprint density at radius 1 is 1.40 bits per heavy atom. The van der Waals surface area contributed by atoms with Crippen LogP contribution in [0, 0.1) is 6.92 Å². The second kappa shape index (κ2) is 6.34. The van der Waals surface area contributed by atoms with E-state index in [-0.39, 0.29) is 5.91 Å². The topological polar surface area (TPSA) is 72.4 Å². The second-order valence-electron chi connectivity index (χ2n) is 4.92. The molecule has 0 fully saturated rings. The minimum Gasteiger partial charge on any atom is -0.361 e. The summed E-state index contributed by atoms with van der Waals surface area (Å²) >= 11 is 0. The molecular weight excluding hydrogens is 254 g/mol. The summed E-state index contributed by atoms with van der Waals surface area (Å²) in [5, 5.41) is 3.87. The molecule has 2 N–H and O–H groups in total. The van der Waals surface area contributed by atoms with Gasteiger partial charge in [-0.05, 0) is 18.9 Å². The number of hydrogen-bond acceptors (Lipinski definition) is 4. The van der Waals surface area contributed by atoms with Crippen molar-refractivity contribution in [3.63, 3.8) is 0 Å². The molecule has 5 heteroatoms. The molecule has 0 saturated heterocycles. The summed E-state index contributed by atoms with van der Waals surface area (Å²) < 4.78 is 4.98. The minimum absolute atomic E-state index is 0.102. The average Bonchev–Trinajstić information content (AvgIpc) is 2.84. The number of amides is 1. The van der Waals surface area contributed by atoms with Crippen molar-refractivity contribution in [2.45, 2.75) is 25.9 Å². The van der Waals surface area contributed by atoms with Gasteiger partial charge in [0.05, 0.1) is 12.6 Å². The van der Waals surface area contributed by atoms with Crippen LogP contribution in [0.1, 0.15) is 17.0 Å². The number of rotatable bonds is 5. The van der Waals surface area contributed by atoms with E-state index in [1.807, 2.05) is 43.3 Å². The minimum atomic E-state index is -0.546. The summed E-state index contributed by atoms with van der Waals surface area (Å²) in [7, 11) is 1.72. The SMILES string of the molecule is Cc1cc(CN(C)C(=O)[C@@H](N)Cc2ccccc2)no1. The normalized spacial score (nSPS) is 12.2. The van der Waals surface area contributed by atoms with Crippen LogP contribution in [0.25, 0.3) is 0 Å². The highest BCUT2D eigenvalue weighted by atomic mass is 16.5. The monoisotopic (exact) mass is 273 g/mol. The molecule has 20 heavy (non-hydrogen) atoms. The van der Waals surface area contributed by atoms with Crippen LogP contribution in [-0.4, -0.2) is 29.1 Å². The Labute approximate surface area is 118 Å². The van der Waals surface area contributed by atoms with E-state index in [1.54, 1.807) is 11.9 Å². The van der Waals surface area contributed by atoms with Gasteiger partial charge in [0.1, 0.15) is 11.5 Å². The Morgan fingerprint density at radius 2 is 2.10 bits per heavy atom. The lowest BCUT2D eigenvalue weighted by Gasteiger charge is -2.20. The molecule has 0 saturated carbocycles. The number of carbonyl (C=O) groups is 1. The third kappa shape index (κ3) is 3.68. The highest BCUT2D eigenvalue weighted by Gasteiger charge is 2.19. The van der Waals surface area contributed by atoms with Gasteiger partial charge in [-0.25, -0.2) is 0 Å². The van der Waals surface area contributed by atoms with Crippen molar-refractivity contribution in [1.82, 2.24) is 10.1 Å². The molecule has 0 aliphatic carbocycles. The van der Waals surface area contributed by atoms with Gasteiger partial charge in [-0.3, -0.25) is 4.79 Å². The Hall–Kier alpha value is -2.14. The van der Waals surface area contributed by atoms with Gasteiger partial charge in [0.25, 0.3) is 0 Å². The van der Waals surface area contributed by atoms with Crippen LogP contribution in [0.5, 0.6) is 0 Å². The van der Waals surface area contributed by atoms with Crippen LogP contribution in [0.2, 0.25) is 0 Å². The number of aryl methyl sites for hydroxylation is 1. The van der Waals surface area contributed by atoms with Gasteiger partial charge < -0.3 is 15.2 Å². The summed E-state index contributed by atoms with van der Waals surface area (Å²) in [5.74, 6) is 0.629. The first-order valence-electron chi connectivity index (χ1n) is 6.53. The molecule has 0 spiro atoms. The molecule has 1 aromatic heterocycles. The zero-order valence-electron chi connectivity index (χ0n) is 11.7. The molecule has 1 atom stereocenters. The number of aromatic nitrogens is 1. The lowest BCUT2D eigenvalue weighted by Crippen LogP contribution is -2.42. The zero-order valence-corrected chi connectivity index (χ0v) is 11.7. The molecule has 0 radical (unpaired) electrons. The molecule has 1 amide bonds. The molecule has 0 aliphatic rings. The lowest BCUT2D eigenvalue weighted by molar-refractivity contribution is -0.131. The summed E-state index contributed by atoms with van der Waals surface area (Å²) in [4.78, 5) is 13.8. The highest BCUT2D eigenvalue weighted by Crippen LogP contribution is 2.07. The van der Waals surface area contributed by atoms with Crippen molar-refractivity contribution in [3.8, 4) is 0 Å². The third-order valence-corrected chi connectivity index (χ3v) is 3.07. The largest absolute Gasteiger partial charge is 0.361 e. The molecule has 2 aromatic rings. The van der Waals surface area contributed by atoms with Crippen LogP contribution < -0.4 is 5.73 Å². The predicted molar refractivity (Wildman–Crippen MR) is 75.8 cm³/mol. The van der Waals surface area contributed by atoms with Crippen molar-refractivity contribution in [2.75, 3.05) is 7.05 Å². The van der Waals surface area contributed by atoms with Crippen LogP contribution in [0.4, 0.5) is 0 Å². The molecule has 1 heterocycles. The lowest BCUT2D eigenvalue weighted by atomic mass is 10.1. The fourth-order valence-corrected chi connectivity index (χ4v) is 2.05. The van der Waals surface area contributed by atoms with Gasteiger partial charge in [-0.2, -0.15) is 0 Å². The van der Waals surface area contributed by atoms with E-state index in [0.29, 0.717) is 13.0 Å². The maximum atomic E-state index is 12.2. The summed E-state index contributed by atoms with van der Waals surface area (Å²) in [6.45, 7) is 2.22. The number of benzene rings is 1. The molecule has 0 unspecified atom stereocenters. The molecule has 0 bridgehead atoms. The van der Waals surface area contributed by atoms with Gasteiger partial charge >= 0.3 is 0 Å². The first-order chi connectivity index (χ1) is 9.56. The predicted octanol–water partition coefficient (Wildman–Crippen LogP) is 1.51. The Kier molecular flexibility index (Phi) is 4.53. The fraction of sp³-hybridized carbons (Fsp3) is 0.333. The van der Waals surface area contributed by atoms with E-state index in [9.17, 15) is 4.79 Å². The number of nitrogens with two attached hydrogens (primary N) is 1. The van der Waals surface area contributed by atoms with Crippen LogP contribution >= 0.6 is 0 Å². The maximum absolute atomic E-state index is 12.2. The van der Waals surface area contributed by atoms with Crippen LogP contribution in [-0.2, 0) is 17.8 Å². The molecule has 2 rings (SSSR count). The van der Waals surface area contributed by atoms with Gasteiger partial charge in [0.2, 0.25) is 5.91 Å². The van der Waals surface area contributed by atoms with Gasteiger partial charge in [0.15, 0.2) is 0 Å². The molecule has 106 valence electrons. The first-order valence-corrected chi connectivity index (χ1v) is 6.53. The van der Waals surface area contributed by atoms with Crippen molar-refractivity contribution < 1.29 is 9.32 Å². The molecular formula is C15H19N3O2. The van der Waals surface area contributed by atoms with Gasteiger partial charge in [0, 0.05) is 13.1 Å². The summed E-state index contributed by atoms with van der Waals surface area (Å²) in [5.41, 5.74) is 7.76. The quantitative estimate of drug-likeness (QED) is 0.896. The van der Waals surface area contributed by atoms with Crippen molar-refractivity contribution >= 4 is 5.91 Å². The number of nitrogens with zero attached hydrogens (tertiary/aromatic N) is 2. The summed E-state index contributed by atoms with van der Waals surface area (Å²) in [6, 6.07) is 11.0. The Balaban J connectivity index is 1.92. The van der Waals surface area contributed by atoms with E-state index < -0.39 is 6.04 Å². The van der Waals surface area contributed by atoms with E-state index in [4.69, 9.17) is 10.3 Å². The molecule has 0 aliphatic heterocycles.